The molecule has 0 fully saturated rings. The SMILES string of the molecule is CC(C)CC(CNc1cnc(C#N)cn1)CC(=O)O. The molecule has 0 aliphatic heterocycles. The number of rotatable bonds is 7. The van der Waals surface area contributed by atoms with Gasteiger partial charge in [-0.15, -0.1) is 0 Å². The van der Waals surface area contributed by atoms with Crippen LogP contribution in [0.25, 0.3) is 0 Å². The van der Waals surface area contributed by atoms with E-state index < -0.39 is 5.97 Å². The van der Waals surface area contributed by atoms with E-state index in [4.69, 9.17) is 10.4 Å². The zero-order chi connectivity index (χ0) is 14.3. The molecule has 0 aliphatic rings. The van der Waals surface area contributed by atoms with E-state index in [2.05, 4.69) is 29.1 Å². The molecule has 1 aromatic rings. The lowest BCUT2D eigenvalue weighted by Gasteiger charge is -2.17. The normalized spacial score (nSPS) is 11.9. The zero-order valence-electron chi connectivity index (χ0n) is 11.1. The maximum atomic E-state index is 10.8. The van der Waals surface area contributed by atoms with Gasteiger partial charge >= 0.3 is 5.97 Å². The van der Waals surface area contributed by atoms with Crippen molar-refractivity contribution in [2.75, 3.05) is 11.9 Å². The van der Waals surface area contributed by atoms with E-state index >= 15 is 0 Å². The van der Waals surface area contributed by atoms with Gasteiger partial charge in [0.2, 0.25) is 0 Å². The van der Waals surface area contributed by atoms with Crippen molar-refractivity contribution in [2.24, 2.45) is 11.8 Å². The summed E-state index contributed by atoms with van der Waals surface area (Å²) >= 11 is 0. The Morgan fingerprint density at radius 2 is 2.21 bits per heavy atom. The molecule has 2 N–H and O–H groups in total. The van der Waals surface area contributed by atoms with Gasteiger partial charge in [0.05, 0.1) is 12.4 Å². The highest BCUT2D eigenvalue weighted by Crippen LogP contribution is 2.16. The monoisotopic (exact) mass is 262 g/mol. The quantitative estimate of drug-likeness (QED) is 0.778. The average Bonchev–Trinajstić information content (AvgIpc) is 2.35. The van der Waals surface area contributed by atoms with Gasteiger partial charge in [0.15, 0.2) is 5.69 Å². The third-order valence-electron chi connectivity index (χ3n) is 2.61. The topological polar surface area (TPSA) is 98.9 Å². The van der Waals surface area contributed by atoms with Gasteiger partial charge in [-0.25, -0.2) is 9.97 Å². The molecule has 0 saturated heterocycles. The molecule has 1 unspecified atom stereocenters. The Morgan fingerprint density at radius 3 is 2.68 bits per heavy atom. The van der Waals surface area contributed by atoms with Gasteiger partial charge in [0.1, 0.15) is 11.9 Å². The molecule has 0 radical (unpaired) electrons. The van der Waals surface area contributed by atoms with E-state index in [0.29, 0.717) is 18.3 Å². The van der Waals surface area contributed by atoms with E-state index in [-0.39, 0.29) is 18.0 Å². The molecule has 1 aromatic heterocycles. The summed E-state index contributed by atoms with van der Waals surface area (Å²) in [7, 11) is 0. The van der Waals surface area contributed by atoms with Crippen LogP contribution in [0.3, 0.4) is 0 Å². The number of nitrogens with one attached hydrogen (secondary N) is 1. The maximum absolute atomic E-state index is 10.8. The highest BCUT2D eigenvalue weighted by atomic mass is 16.4. The first-order chi connectivity index (χ1) is 9.01. The lowest BCUT2D eigenvalue weighted by Crippen LogP contribution is -2.20. The van der Waals surface area contributed by atoms with Crippen molar-refractivity contribution >= 4 is 11.8 Å². The van der Waals surface area contributed by atoms with Crippen molar-refractivity contribution < 1.29 is 9.90 Å². The highest BCUT2D eigenvalue weighted by Gasteiger charge is 2.15. The van der Waals surface area contributed by atoms with E-state index in [1.54, 1.807) is 0 Å². The Hall–Kier alpha value is -2.16. The Balaban J connectivity index is 2.54. The van der Waals surface area contributed by atoms with E-state index in [0.717, 1.165) is 6.42 Å². The number of nitriles is 1. The summed E-state index contributed by atoms with van der Waals surface area (Å²) in [6, 6.07) is 1.89. The Labute approximate surface area is 112 Å². The molecule has 0 aromatic carbocycles. The molecule has 19 heavy (non-hydrogen) atoms. The van der Waals surface area contributed by atoms with Gasteiger partial charge < -0.3 is 10.4 Å². The number of aliphatic carboxylic acids is 1. The molecule has 1 rings (SSSR count). The smallest absolute Gasteiger partial charge is 0.303 e. The first-order valence-electron chi connectivity index (χ1n) is 6.19. The largest absolute Gasteiger partial charge is 0.481 e. The number of hydrogen-bond acceptors (Lipinski definition) is 5. The first kappa shape index (κ1) is 14.9. The summed E-state index contributed by atoms with van der Waals surface area (Å²) in [5.74, 6) is 0.254. The first-order valence-corrected chi connectivity index (χ1v) is 6.19. The van der Waals surface area contributed by atoms with E-state index in [1.807, 2.05) is 6.07 Å². The van der Waals surface area contributed by atoms with Crippen LogP contribution in [-0.2, 0) is 4.79 Å². The van der Waals surface area contributed by atoms with Gasteiger partial charge in [0, 0.05) is 13.0 Å². The lowest BCUT2D eigenvalue weighted by molar-refractivity contribution is -0.138. The predicted molar refractivity (Wildman–Crippen MR) is 70.4 cm³/mol. The molecular weight excluding hydrogens is 244 g/mol. The molecule has 1 atom stereocenters. The molecule has 6 nitrogen and oxygen atoms in total. The van der Waals surface area contributed by atoms with Crippen molar-refractivity contribution in [3.63, 3.8) is 0 Å². The third kappa shape index (κ3) is 5.82. The van der Waals surface area contributed by atoms with Crippen molar-refractivity contribution in [1.82, 2.24) is 9.97 Å². The summed E-state index contributed by atoms with van der Waals surface area (Å²) in [6.45, 7) is 4.66. The molecule has 0 amide bonds. The molecule has 0 saturated carbocycles. The van der Waals surface area contributed by atoms with Crippen LogP contribution >= 0.6 is 0 Å². The molecule has 0 bridgehead atoms. The summed E-state index contributed by atoms with van der Waals surface area (Å²) < 4.78 is 0. The van der Waals surface area contributed by atoms with Crippen LogP contribution in [0, 0.1) is 23.2 Å². The second-order valence-corrected chi connectivity index (χ2v) is 4.87. The average molecular weight is 262 g/mol. The lowest BCUT2D eigenvalue weighted by atomic mass is 9.94. The second-order valence-electron chi connectivity index (χ2n) is 4.87. The fourth-order valence-corrected chi connectivity index (χ4v) is 1.88. The minimum atomic E-state index is -0.793. The van der Waals surface area contributed by atoms with Crippen molar-refractivity contribution in [2.45, 2.75) is 26.7 Å². The van der Waals surface area contributed by atoms with Crippen molar-refractivity contribution in [3.05, 3.63) is 18.1 Å². The number of nitrogens with zero attached hydrogens (tertiary/aromatic N) is 3. The summed E-state index contributed by atoms with van der Waals surface area (Å²) in [4.78, 5) is 18.7. The number of hydrogen-bond donors (Lipinski definition) is 2. The highest BCUT2D eigenvalue weighted by molar-refractivity contribution is 5.67. The van der Waals surface area contributed by atoms with E-state index in [9.17, 15) is 4.79 Å². The minimum absolute atomic E-state index is 0.0509. The minimum Gasteiger partial charge on any atom is -0.481 e. The number of anilines is 1. The molecule has 102 valence electrons. The molecule has 0 spiro atoms. The van der Waals surface area contributed by atoms with E-state index in [1.165, 1.54) is 12.4 Å². The van der Waals surface area contributed by atoms with Crippen molar-refractivity contribution in [3.8, 4) is 6.07 Å². The third-order valence-corrected chi connectivity index (χ3v) is 2.61. The van der Waals surface area contributed by atoms with Crippen LogP contribution in [-0.4, -0.2) is 27.6 Å². The zero-order valence-corrected chi connectivity index (χ0v) is 11.1. The van der Waals surface area contributed by atoms with Crippen LogP contribution in [0.1, 0.15) is 32.4 Å². The number of carbonyl (C=O) groups is 1. The van der Waals surface area contributed by atoms with Gasteiger partial charge in [-0.3, -0.25) is 4.79 Å². The summed E-state index contributed by atoms with van der Waals surface area (Å²) in [5, 5.41) is 20.5. The number of carboxylic acid groups (broad SMARTS) is 1. The number of aromatic nitrogens is 2. The van der Waals surface area contributed by atoms with Crippen LogP contribution in [0.2, 0.25) is 0 Å². The standard InChI is InChI=1S/C13H18N4O2/c1-9(2)3-10(4-13(18)19)6-16-12-8-15-11(5-14)7-17-12/h7-10H,3-4,6H2,1-2H3,(H,16,17)(H,18,19). The molecule has 6 heteroatoms. The van der Waals surface area contributed by atoms with Crippen LogP contribution in [0.5, 0.6) is 0 Å². The summed E-state index contributed by atoms with van der Waals surface area (Å²) in [6.07, 6.45) is 3.83. The summed E-state index contributed by atoms with van der Waals surface area (Å²) in [5.41, 5.74) is 0.259. The van der Waals surface area contributed by atoms with Crippen LogP contribution in [0.15, 0.2) is 12.4 Å². The Morgan fingerprint density at radius 1 is 1.47 bits per heavy atom. The van der Waals surface area contributed by atoms with Crippen LogP contribution < -0.4 is 5.32 Å². The van der Waals surface area contributed by atoms with Crippen molar-refractivity contribution in [1.29, 1.82) is 5.26 Å². The fraction of sp³-hybridized carbons (Fsp3) is 0.538. The maximum Gasteiger partial charge on any atom is 0.303 e. The molecule has 1 heterocycles. The Bertz CT molecular complexity index is 451. The van der Waals surface area contributed by atoms with Gasteiger partial charge in [0.25, 0.3) is 0 Å². The van der Waals surface area contributed by atoms with Crippen LogP contribution in [0.4, 0.5) is 5.82 Å². The van der Waals surface area contributed by atoms with Gasteiger partial charge in [-0.2, -0.15) is 5.26 Å². The molecular formula is C13H18N4O2. The van der Waals surface area contributed by atoms with Gasteiger partial charge in [-0.05, 0) is 18.3 Å². The molecule has 0 aliphatic carbocycles. The predicted octanol–water partition coefficient (Wildman–Crippen LogP) is 1.90. The van der Waals surface area contributed by atoms with Gasteiger partial charge in [-0.1, -0.05) is 13.8 Å². The Kier molecular flexibility index (Phi) is 5.73. The number of carboxylic acids is 1. The fourth-order valence-electron chi connectivity index (χ4n) is 1.88. The second kappa shape index (κ2) is 7.31.